The molecule has 6 heteroatoms. The molecule has 5 nitrogen and oxygen atoms in total. The van der Waals surface area contributed by atoms with Crippen LogP contribution in [0.25, 0.3) is 0 Å². The fraction of sp³-hybridized carbons (Fsp3) is 0.476. The van der Waals surface area contributed by atoms with Gasteiger partial charge >= 0.3 is 0 Å². The molecule has 144 valence electrons. The van der Waals surface area contributed by atoms with Crippen molar-refractivity contribution in [2.75, 3.05) is 25.0 Å². The van der Waals surface area contributed by atoms with Crippen LogP contribution in [0.1, 0.15) is 36.0 Å². The number of aliphatic hydroxyl groups is 1. The molecule has 0 aliphatic carbocycles. The van der Waals surface area contributed by atoms with Crippen molar-refractivity contribution in [1.29, 1.82) is 0 Å². The third-order valence-corrected chi connectivity index (χ3v) is 5.70. The Morgan fingerprint density at radius 3 is 3.04 bits per heavy atom. The van der Waals surface area contributed by atoms with Crippen molar-refractivity contribution in [2.24, 2.45) is 0 Å². The van der Waals surface area contributed by atoms with E-state index in [2.05, 4.69) is 21.3 Å². The number of ether oxygens (including phenoxy) is 1. The number of aromatic nitrogens is 1. The molecule has 0 saturated heterocycles. The molecule has 27 heavy (non-hydrogen) atoms. The van der Waals surface area contributed by atoms with Gasteiger partial charge in [-0.2, -0.15) is 4.98 Å². The number of nitrogens with one attached hydrogen (secondary N) is 1. The Morgan fingerprint density at radius 1 is 1.19 bits per heavy atom. The summed E-state index contributed by atoms with van der Waals surface area (Å²) in [7, 11) is 0. The Labute approximate surface area is 165 Å². The van der Waals surface area contributed by atoms with Gasteiger partial charge in [-0.15, -0.1) is 0 Å². The van der Waals surface area contributed by atoms with Crippen LogP contribution in [-0.4, -0.2) is 40.9 Å². The molecule has 0 spiro atoms. The van der Waals surface area contributed by atoms with E-state index in [-0.39, 0.29) is 0 Å². The molecule has 1 aromatic heterocycles. The SMILES string of the molecule is OC1CCc2ccc(OCCCCN3CCc4c(Cl)cccc4C3)nc2N1. The van der Waals surface area contributed by atoms with E-state index in [0.717, 1.165) is 68.1 Å². The maximum atomic E-state index is 9.69. The summed E-state index contributed by atoms with van der Waals surface area (Å²) in [5, 5.41) is 13.6. The Kier molecular flexibility index (Phi) is 5.81. The van der Waals surface area contributed by atoms with Crippen LogP contribution in [0.15, 0.2) is 30.3 Å². The first kappa shape index (κ1) is 18.5. The van der Waals surface area contributed by atoms with E-state index >= 15 is 0 Å². The number of pyridine rings is 1. The van der Waals surface area contributed by atoms with Gasteiger partial charge in [-0.1, -0.05) is 23.7 Å². The summed E-state index contributed by atoms with van der Waals surface area (Å²) in [6.45, 7) is 3.78. The first-order valence-corrected chi connectivity index (χ1v) is 10.1. The molecule has 0 radical (unpaired) electrons. The molecule has 4 rings (SSSR count). The van der Waals surface area contributed by atoms with Crippen LogP contribution in [0.4, 0.5) is 5.82 Å². The molecular weight excluding hydrogens is 362 g/mol. The molecular formula is C21H26ClN3O2. The standard InChI is InChI=1S/C21H26ClN3O2/c22-18-5-3-4-16-14-25(12-10-17(16)18)11-1-2-13-27-20-9-7-15-6-8-19(26)23-21(15)24-20/h3-5,7,9,19,26H,1-2,6,8,10-14H2,(H,23,24). The summed E-state index contributed by atoms with van der Waals surface area (Å²) in [4.78, 5) is 6.96. The Balaban J connectivity index is 1.20. The lowest BCUT2D eigenvalue weighted by atomic mass is 9.99. The second-order valence-electron chi connectivity index (χ2n) is 7.32. The summed E-state index contributed by atoms with van der Waals surface area (Å²) in [6.07, 6.45) is 4.18. The summed E-state index contributed by atoms with van der Waals surface area (Å²) in [5.41, 5.74) is 3.81. The van der Waals surface area contributed by atoms with E-state index < -0.39 is 6.23 Å². The number of halogens is 1. The number of hydrogen-bond donors (Lipinski definition) is 2. The predicted molar refractivity (Wildman–Crippen MR) is 107 cm³/mol. The lowest BCUT2D eigenvalue weighted by molar-refractivity contribution is 0.188. The van der Waals surface area contributed by atoms with Crippen LogP contribution >= 0.6 is 11.6 Å². The number of anilines is 1. The van der Waals surface area contributed by atoms with Crippen molar-refractivity contribution in [3.8, 4) is 5.88 Å². The molecule has 2 aliphatic rings. The molecule has 0 amide bonds. The zero-order valence-electron chi connectivity index (χ0n) is 15.5. The highest BCUT2D eigenvalue weighted by Crippen LogP contribution is 2.26. The Morgan fingerprint density at radius 2 is 2.11 bits per heavy atom. The van der Waals surface area contributed by atoms with Gasteiger partial charge in [-0.05, 0) is 67.5 Å². The number of unbranched alkanes of at least 4 members (excludes halogenated alkanes) is 1. The zero-order valence-corrected chi connectivity index (χ0v) is 16.2. The number of rotatable bonds is 6. The largest absolute Gasteiger partial charge is 0.478 e. The van der Waals surface area contributed by atoms with Gasteiger partial charge in [0.25, 0.3) is 0 Å². The van der Waals surface area contributed by atoms with Gasteiger partial charge in [0.05, 0.1) is 6.61 Å². The van der Waals surface area contributed by atoms with Crippen LogP contribution in [0.2, 0.25) is 5.02 Å². The zero-order chi connectivity index (χ0) is 18.6. The molecule has 1 unspecified atom stereocenters. The van der Waals surface area contributed by atoms with Gasteiger partial charge < -0.3 is 15.2 Å². The fourth-order valence-electron chi connectivity index (χ4n) is 3.83. The van der Waals surface area contributed by atoms with Gasteiger partial charge in [-0.25, -0.2) is 0 Å². The number of benzene rings is 1. The predicted octanol–water partition coefficient (Wildman–Crippen LogP) is 3.63. The van der Waals surface area contributed by atoms with Crippen molar-refractivity contribution in [3.05, 3.63) is 52.0 Å². The Hall–Kier alpha value is -1.82. The monoisotopic (exact) mass is 387 g/mol. The first-order valence-electron chi connectivity index (χ1n) is 9.75. The van der Waals surface area contributed by atoms with Crippen LogP contribution in [0, 0.1) is 0 Å². The van der Waals surface area contributed by atoms with Crippen LogP contribution in [-0.2, 0) is 19.4 Å². The van der Waals surface area contributed by atoms with E-state index in [1.807, 2.05) is 24.3 Å². The minimum atomic E-state index is -0.509. The quantitative estimate of drug-likeness (QED) is 0.741. The molecule has 2 N–H and O–H groups in total. The minimum Gasteiger partial charge on any atom is -0.478 e. The van der Waals surface area contributed by atoms with Crippen LogP contribution in [0.5, 0.6) is 5.88 Å². The molecule has 2 aliphatic heterocycles. The molecule has 0 bridgehead atoms. The number of hydrogen-bond acceptors (Lipinski definition) is 5. The first-order chi connectivity index (χ1) is 13.2. The highest BCUT2D eigenvalue weighted by Gasteiger charge is 2.18. The molecule has 3 heterocycles. The molecule has 0 saturated carbocycles. The lowest BCUT2D eigenvalue weighted by Crippen LogP contribution is -2.31. The maximum Gasteiger partial charge on any atom is 0.215 e. The smallest absolute Gasteiger partial charge is 0.215 e. The number of fused-ring (bicyclic) bond motifs is 2. The van der Waals surface area contributed by atoms with Crippen molar-refractivity contribution in [1.82, 2.24) is 9.88 Å². The molecule has 2 aromatic rings. The van der Waals surface area contributed by atoms with E-state index in [1.54, 1.807) is 0 Å². The van der Waals surface area contributed by atoms with Gasteiger partial charge in [0.2, 0.25) is 5.88 Å². The highest BCUT2D eigenvalue weighted by molar-refractivity contribution is 6.31. The fourth-order valence-corrected chi connectivity index (χ4v) is 4.11. The maximum absolute atomic E-state index is 9.69. The molecule has 0 fully saturated rings. The van der Waals surface area contributed by atoms with E-state index in [0.29, 0.717) is 12.5 Å². The van der Waals surface area contributed by atoms with Crippen molar-refractivity contribution < 1.29 is 9.84 Å². The second-order valence-corrected chi connectivity index (χ2v) is 7.72. The van der Waals surface area contributed by atoms with Crippen molar-refractivity contribution in [3.63, 3.8) is 0 Å². The van der Waals surface area contributed by atoms with Gasteiger partial charge in [0, 0.05) is 24.2 Å². The van der Waals surface area contributed by atoms with E-state index in [4.69, 9.17) is 16.3 Å². The Bertz CT molecular complexity index is 799. The van der Waals surface area contributed by atoms with E-state index in [9.17, 15) is 5.11 Å². The van der Waals surface area contributed by atoms with Crippen LogP contribution < -0.4 is 10.1 Å². The topological polar surface area (TPSA) is 57.6 Å². The number of aliphatic hydroxyl groups excluding tert-OH is 1. The molecule has 1 aromatic carbocycles. The third-order valence-electron chi connectivity index (χ3n) is 5.35. The van der Waals surface area contributed by atoms with Crippen molar-refractivity contribution >= 4 is 17.4 Å². The summed E-state index contributed by atoms with van der Waals surface area (Å²) < 4.78 is 5.80. The van der Waals surface area contributed by atoms with Gasteiger partial charge in [0.1, 0.15) is 12.0 Å². The average molecular weight is 388 g/mol. The lowest BCUT2D eigenvalue weighted by Gasteiger charge is -2.29. The van der Waals surface area contributed by atoms with Gasteiger partial charge in [0.15, 0.2) is 0 Å². The van der Waals surface area contributed by atoms with Crippen LogP contribution in [0.3, 0.4) is 0 Å². The number of nitrogens with zero attached hydrogens (tertiary/aromatic N) is 2. The average Bonchev–Trinajstić information content (AvgIpc) is 2.67. The minimum absolute atomic E-state index is 0.509. The highest BCUT2D eigenvalue weighted by atomic mass is 35.5. The van der Waals surface area contributed by atoms with Crippen molar-refractivity contribution in [2.45, 2.75) is 44.9 Å². The second kappa shape index (κ2) is 8.46. The summed E-state index contributed by atoms with van der Waals surface area (Å²) >= 11 is 6.29. The molecule has 1 atom stereocenters. The summed E-state index contributed by atoms with van der Waals surface area (Å²) in [6, 6.07) is 10.2. The normalized spacial score (nSPS) is 19.1. The van der Waals surface area contributed by atoms with Gasteiger partial charge in [-0.3, -0.25) is 4.90 Å². The third kappa shape index (κ3) is 4.54. The number of aryl methyl sites for hydroxylation is 1. The van der Waals surface area contributed by atoms with E-state index in [1.165, 1.54) is 11.1 Å². The summed E-state index contributed by atoms with van der Waals surface area (Å²) in [5.74, 6) is 1.37.